The van der Waals surface area contributed by atoms with Crippen molar-refractivity contribution in [2.24, 2.45) is 0 Å². The molecule has 0 spiro atoms. The van der Waals surface area contributed by atoms with Gasteiger partial charge in [0.05, 0.1) is 17.1 Å². The van der Waals surface area contributed by atoms with E-state index in [9.17, 15) is 13.2 Å². The predicted molar refractivity (Wildman–Crippen MR) is 122 cm³/mol. The van der Waals surface area contributed by atoms with Crippen molar-refractivity contribution in [1.29, 1.82) is 0 Å². The maximum Gasteiger partial charge on any atom is 0.261 e. The minimum absolute atomic E-state index is 0.000995. The van der Waals surface area contributed by atoms with Crippen molar-refractivity contribution in [3.63, 3.8) is 0 Å². The molecular weight excluding hydrogens is 464 g/mol. The fraction of sp³-hybridized carbons (Fsp3) is 0.0870. The predicted octanol–water partition coefficient (Wildman–Crippen LogP) is 4.34. The van der Waals surface area contributed by atoms with Gasteiger partial charge in [-0.25, -0.2) is 8.42 Å². The number of benzene rings is 3. The van der Waals surface area contributed by atoms with Crippen molar-refractivity contribution < 1.29 is 13.2 Å². The Kier molecular flexibility index (Phi) is 6.93. The summed E-state index contributed by atoms with van der Waals surface area (Å²) in [5.74, 6) is 5.43. The molecular formula is C23H19BrN2O3S. The first-order valence-corrected chi connectivity index (χ1v) is 11.3. The van der Waals surface area contributed by atoms with Gasteiger partial charge < -0.3 is 5.32 Å². The van der Waals surface area contributed by atoms with E-state index in [1.807, 2.05) is 43.3 Å². The lowest BCUT2D eigenvalue weighted by atomic mass is 10.2. The number of amides is 1. The molecule has 0 aromatic heterocycles. The smallest absolute Gasteiger partial charge is 0.261 e. The number of anilines is 1. The van der Waals surface area contributed by atoms with Crippen LogP contribution in [0, 0.1) is 18.8 Å². The van der Waals surface area contributed by atoms with Gasteiger partial charge >= 0.3 is 0 Å². The topological polar surface area (TPSA) is 75.3 Å². The van der Waals surface area contributed by atoms with E-state index < -0.39 is 15.9 Å². The molecule has 0 bridgehead atoms. The lowest BCUT2D eigenvalue weighted by Crippen LogP contribution is -2.24. The number of halogens is 1. The van der Waals surface area contributed by atoms with Crippen molar-refractivity contribution in [2.45, 2.75) is 11.8 Å². The van der Waals surface area contributed by atoms with Gasteiger partial charge in [-0.05, 0) is 70.9 Å². The van der Waals surface area contributed by atoms with Gasteiger partial charge in [-0.2, -0.15) is 0 Å². The molecule has 2 N–H and O–H groups in total. The van der Waals surface area contributed by atoms with E-state index in [0.29, 0.717) is 10.2 Å². The Balaban J connectivity index is 1.71. The molecule has 0 unspecified atom stereocenters. The van der Waals surface area contributed by atoms with E-state index in [4.69, 9.17) is 0 Å². The number of nitrogens with one attached hydrogen (secondary N) is 2. The molecule has 3 rings (SSSR count). The summed E-state index contributed by atoms with van der Waals surface area (Å²) < 4.78 is 28.7. The summed E-state index contributed by atoms with van der Waals surface area (Å²) in [4.78, 5) is 12.4. The Labute approximate surface area is 184 Å². The molecule has 0 heterocycles. The number of carbonyl (C=O) groups excluding carboxylic acids is 1. The second-order valence-electron chi connectivity index (χ2n) is 6.47. The molecule has 152 valence electrons. The lowest BCUT2D eigenvalue weighted by molar-refractivity contribution is 0.0958. The highest BCUT2D eigenvalue weighted by atomic mass is 79.9. The Hall–Kier alpha value is -3.08. The van der Waals surface area contributed by atoms with E-state index in [1.165, 1.54) is 18.2 Å². The summed E-state index contributed by atoms with van der Waals surface area (Å²) in [5, 5.41) is 2.68. The van der Waals surface area contributed by atoms with Crippen molar-refractivity contribution >= 4 is 37.5 Å². The van der Waals surface area contributed by atoms with Gasteiger partial charge in [-0.1, -0.05) is 42.2 Å². The summed E-state index contributed by atoms with van der Waals surface area (Å²) >= 11 is 3.34. The molecule has 0 atom stereocenters. The number of carbonyl (C=O) groups is 1. The number of hydrogen-bond donors (Lipinski definition) is 2. The highest BCUT2D eigenvalue weighted by molar-refractivity contribution is 9.10. The monoisotopic (exact) mass is 482 g/mol. The third-order valence-corrected chi connectivity index (χ3v) is 6.17. The first-order chi connectivity index (χ1) is 14.3. The zero-order valence-electron chi connectivity index (χ0n) is 16.1. The molecule has 5 nitrogen and oxygen atoms in total. The molecule has 0 radical (unpaired) electrons. The lowest BCUT2D eigenvalue weighted by Gasteiger charge is -2.11. The minimum Gasteiger partial charge on any atom is -0.341 e. The Bertz CT molecular complexity index is 1230. The first-order valence-electron chi connectivity index (χ1n) is 9.06. The summed E-state index contributed by atoms with van der Waals surface area (Å²) in [6, 6.07) is 20.7. The van der Waals surface area contributed by atoms with E-state index in [1.54, 1.807) is 18.2 Å². The number of rotatable bonds is 5. The Morgan fingerprint density at radius 2 is 1.77 bits per heavy atom. The molecule has 3 aromatic rings. The molecule has 1 amide bonds. The van der Waals surface area contributed by atoms with Crippen molar-refractivity contribution in [2.75, 3.05) is 11.3 Å². The van der Waals surface area contributed by atoms with Gasteiger partial charge in [-0.15, -0.1) is 0 Å². The number of hydrogen-bond acceptors (Lipinski definition) is 3. The third kappa shape index (κ3) is 5.72. The molecule has 0 saturated heterocycles. The first kappa shape index (κ1) is 21.6. The van der Waals surface area contributed by atoms with Gasteiger partial charge in [0.1, 0.15) is 0 Å². The third-order valence-electron chi connectivity index (χ3n) is 4.12. The van der Waals surface area contributed by atoms with E-state index in [-0.39, 0.29) is 17.0 Å². The molecule has 0 aliphatic carbocycles. The van der Waals surface area contributed by atoms with Crippen molar-refractivity contribution in [3.05, 3.63) is 94.0 Å². The molecule has 0 fully saturated rings. The average molecular weight is 483 g/mol. The van der Waals surface area contributed by atoms with Crippen LogP contribution in [-0.2, 0) is 10.0 Å². The fourth-order valence-corrected chi connectivity index (χ4v) is 4.21. The summed E-state index contributed by atoms with van der Waals surface area (Å²) in [7, 11) is -3.86. The Morgan fingerprint density at radius 3 is 2.53 bits per heavy atom. The van der Waals surface area contributed by atoms with E-state index in [2.05, 4.69) is 37.8 Å². The molecule has 0 saturated carbocycles. The van der Waals surface area contributed by atoms with Crippen LogP contribution in [0.25, 0.3) is 0 Å². The van der Waals surface area contributed by atoms with Gasteiger partial charge in [0.2, 0.25) is 0 Å². The van der Waals surface area contributed by atoms with Gasteiger partial charge in [-0.3, -0.25) is 9.52 Å². The van der Waals surface area contributed by atoms with Crippen molar-refractivity contribution in [3.8, 4) is 11.8 Å². The van der Waals surface area contributed by atoms with Crippen LogP contribution in [0.1, 0.15) is 21.5 Å². The quantitative estimate of drug-likeness (QED) is 0.531. The van der Waals surface area contributed by atoms with E-state index in [0.717, 1.165) is 11.1 Å². The Morgan fingerprint density at radius 1 is 1.00 bits per heavy atom. The largest absolute Gasteiger partial charge is 0.341 e. The average Bonchev–Trinajstić information content (AvgIpc) is 2.74. The highest BCUT2D eigenvalue weighted by Crippen LogP contribution is 2.26. The van der Waals surface area contributed by atoms with Crippen molar-refractivity contribution in [1.82, 2.24) is 5.32 Å². The summed E-state index contributed by atoms with van der Waals surface area (Å²) in [6.45, 7) is 2.02. The highest BCUT2D eigenvalue weighted by Gasteiger charge is 2.17. The maximum absolute atomic E-state index is 12.8. The summed E-state index contributed by atoms with van der Waals surface area (Å²) in [6.07, 6.45) is 0. The minimum atomic E-state index is -3.86. The van der Waals surface area contributed by atoms with Gasteiger partial charge in [0, 0.05) is 15.6 Å². The molecule has 0 aliphatic rings. The summed E-state index contributed by atoms with van der Waals surface area (Å²) in [5.41, 5.74) is 2.44. The zero-order chi connectivity index (χ0) is 21.6. The fourth-order valence-electron chi connectivity index (χ4n) is 2.62. The second kappa shape index (κ2) is 9.61. The van der Waals surface area contributed by atoms with Gasteiger partial charge in [0.15, 0.2) is 0 Å². The van der Waals surface area contributed by atoms with Gasteiger partial charge in [0.25, 0.3) is 15.9 Å². The van der Waals surface area contributed by atoms with Crippen LogP contribution in [0.3, 0.4) is 0 Å². The van der Waals surface area contributed by atoms with Crippen LogP contribution >= 0.6 is 15.9 Å². The number of sulfonamides is 1. The van der Waals surface area contributed by atoms with Crippen LogP contribution in [0.5, 0.6) is 0 Å². The molecule has 0 aliphatic heterocycles. The molecule has 7 heteroatoms. The zero-order valence-corrected chi connectivity index (χ0v) is 18.5. The molecule has 3 aromatic carbocycles. The van der Waals surface area contributed by atoms with Crippen LogP contribution < -0.4 is 10.0 Å². The second-order valence-corrected chi connectivity index (χ2v) is 9.00. The van der Waals surface area contributed by atoms with Crippen LogP contribution in [0.15, 0.2) is 82.2 Å². The number of aryl methyl sites for hydroxylation is 1. The molecule has 30 heavy (non-hydrogen) atoms. The maximum atomic E-state index is 12.8. The normalized spacial score (nSPS) is 10.6. The standard InChI is InChI=1S/C23H19BrN2O3S/c1-17-12-13-21(24)22(15-17)26-30(28,29)20-11-5-10-19(16-20)23(27)25-14-6-9-18-7-3-2-4-8-18/h2-5,7-8,10-13,15-16,26H,14H2,1H3,(H,25,27). The van der Waals surface area contributed by atoms with Crippen LogP contribution in [-0.4, -0.2) is 20.9 Å². The SMILES string of the molecule is Cc1ccc(Br)c(NS(=O)(=O)c2cccc(C(=O)NCC#Cc3ccccc3)c2)c1. The van der Waals surface area contributed by atoms with Crippen LogP contribution in [0.4, 0.5) is 5.69 Å². The van der Waals surface area contributed by atoms with Crippen LogP contribution in [0.2, 0.25) is 0 Å². The van der Waals surface area contributed by atoms with E-state index >= 15 is 0 Å².